The Kier molecular flexibility index (Phi) is 9.46. The summed E-state index contributed by atoms with van der Waals surface area (Å²) in [5.41, 5.74) is 7.66. The van der Waals surface area contributed by atoms with E-state index < -0.39 is 0 Å². The molecule has 2 heterocycles. The van der Waals surface area contributed by atoms with Gasteiger partial charge in [-0.25, -0.2) is 0 Å². The molecule has 5 rings (SSSR count). The number of aryl methyl sites for hydroxylation is 2. The number of para-hydroxylation sites is 1. The molecule has 2 aromatic heterocycles. The average Bonchev–Trinajstić information content (AvgIpc) is 3.29. The Hall–Kier alpha value is -4.36. The maximum atomic E-state index is 13.7. The standard InChI is InChI=1S/C35H38N4O3.ClH/c1-21(2)41-26-15-12-24(13-16-26)19-37-34(40)28-20-36-31-18-25(32-22(3)39-42-23(32)4)14-17-27(31)33(28)38-30-11-9-8-10-29(30)35(5,6)7;/h8-18,20-21H,19H2,1-7H3,(H,36,38)(H,37,40);1H. The Bertz CT molecular complexity index is 1720. The summed E-state index contributed by atoms with van der Waals surface area (Å²) < 4.78 is 11.1. The molecular weight excluding hydrogens is 560 g/mol. The molecule has 0 saturated heterocycles. The van der Waals surface area contributed by atoms with Crippen molar-refractivity contribution < 1.29 is 14.1 Å². The van der Waals surface area contributed by atoms with Crippen molar-refractivity contribution in [3.63, 3.8) is 0 Å². The number of rotatable bonds is 8. The Morgan fingerprint density at radius 3 is 2.37 bits per heavy atom. The first-order valence-electron chi connectivity index (χ1n) is 14.3. The fourth-order valence-corrected chi connectivity index (χ4v) is 5.17. The van der Waals surface area contributed by atoms with Gasteiger partial charge in [-0.2, -0.15) is 0 Å². The van der Waals surface area contributed by atoms with Crippen molar-refractivity contribution in [3.05, 3.63) is 101 Å². The zero-order valence-corrected chi connectivity index (χ0v) is 26.6. The third-order valence-electron chi connectivity index (χ3n) is 7.18. The molecule has 1 amide bonds. The molecule has 43 heavy (non-hydrogen) atoms. The summed E-state index contributed by atoms with van der Waals surface area (Å²) in [6.45, 7) is 14.7. The zero-order chi connectivity index (χ0) is 30.0. The van der Waals surface area contributed by atoms with Crippen LogP contribution in [-0.2, 0) is 12.0 Å². The normalized spacial score (nSPS) is 11.3. The molecule has 0 spiro atoms. The van der Waals surface area contributed by atoms with Gasteiger partial charge in [0.05, 0.1) is 28.6 Å². The van der Waals surface area contributed by atoms with Gasteiger partial charge in [0.15, 0.2) is 0 Å². The van der Waals surface area contributed by atoms with Crippen molar-refractivity contribution in [1.29, 1.82) is 0 Å². The molecular formula is C35H39ClN4O3. The minimum atomic E-state index is -0.211. The number of amides is 1. The van der Waals surface area contributed by atoms with Crippen LogP contribution < -0.4 is 15.4 Å². The summed E-state index contributed by atoms with van der Waals surface area (Å²) in [6.07, 6.45) is 1.75. The molecule has 0 aliphatic carbocycles. The van der Waals surface area contributed by atoms with Crippen molar-refractivity contribution in [3.8, 4) is 16.9 Å². The highest BCUT2D eigenvalue weighted by Crippen LogP contribution is 2.37. The van der Waals surface area contributed by atoms with E-state index in [1.54, 1.807) is 6.20 Å². The number of halogens is 1. The molecule has 0 saturated carbocycles. The van der Waals surface area contributed by atoms with Crippen LogP contribution in [0, 0.1) is 13.8 Å². The van der Waals surface area contributed by atoms with E-state index in [0.717, 1.165) is 56.0 Å². The summed E-state index contributed by atoms with van der Waals surface area (Å²) in [7, 11) is 0. The number of fused-ring (bicyclic) bond motifs is 1. The topological polar surface area (TPSA) is 89.3 Å². The number of carbonyl (C=O) groups is 1. The summed E-state index contributed by atoms with van der Waals surface area (Å²) in [4.78, 5) is 18.4. The maximum absolute atomic E-state index is 13.7. The molecule has 0 aliphatic heterocycles. The number of nitrogens with zero attached hydrogens (tertiary/aromatic N) is 2. The Labute approximate surface area is 259 Å². The molecule has 224 valence electrons. The van der Waals surface area contributed by atoms with E-state index in [1.807, 2.05) is 88.4 Å². The lowest BCUT2D eigenvalue weighted by Gasteiger charge is -2.24. The second-order valence-electron chi connectivity index (χ2n) is 11.9. The molecule has 0 aliphatic rings. The Morgan fingerprint density at radius 2 is 1.72 bits per heavy atom. The van der Waals surface area contributed by atoms with Crippen molar-refractivity contribution in [1.82, 2.24) is 15.5 Å². The summed E-state index contributed by atoms with van der Waals surface area (Å²) in [5.74, 6) is 1.35. The number of carbonyl (C=O) groups excluding carboxylic acids is 1. The van der Waals surface area contributed by atoms with E-state index >= 15 is 0 Å². The van der Waals surface area contributed by atoms with Crippen molar-refractivity contribution >= 4 is 40.6 Å². The fourth-order valence-electron chi connectivity index (χ4n) is 5.17. The monoisotopic (exact) mass is 598 g/mol. The predicted octanol–water partition coefficient (Wildman–Crippen LogP) is 8.69. The number of pyridine rings is 1. The van der Waals surface area contributed by atoms with Gasteiger partial charge in [-0.3, -0.25) is 9.78 Å². The quantitative estimate of drug-likeness (QED) is 0.186. The Balaban J connectivity index is 0.00000423. The van der Waals surface area contributed by atoms with E-state index in [4.69, 9.17) is 14.2 Å². The molecule has 8 heteroatoms. The number of ether oxygens (including phenoxy) is 1. The predicted molar refractivity (Wildman–Crippen MR) is 176 cm³/mol. The largest absolute Gasteiger partial charge is 0.491 e. The molecule has 0 bridgehead atoms. The van der Waals surface area contributed by atoms with E-state index in [2.05, 4.69) is 42.6 Å². The third-order valence-corrected chi connectivity index (χ3v) is 7.18. The first-order chi connectivity index (χ1) is 20.0. The van der Waals surface area contributed by atoms with Crippen LogP contribution in [0.2, 0.25) is 0 Å². The second kappa shape index (κ2) is 12.9. The molecule has 7 nitrogen and oxygen atoms in total. The minimum Gasteiger partial charge on any atom is -0.491 e. The van der Waals surface area contributed by atoms with E-state index in [9.17, 15) is 4.79 Å². The smallest absolute Gasteiger partial charge is 0.255 e. The van der Waals surface area contributed by atoms with Gasteiger partial charge in [-0.1, -0.05) is 68.4 Å². The number of nitrogens with one attached hydrogen (secondary N) is 2. The highest BCUT2D eigenvalue weighted by Gasteiger charge is 2.22. The fraction of sp³-hybridized carbons (Fsp3) is 0.286. The number of benzene rings is 3. The van der Waals surface area contributed by atoms with Gasteiger partial charge in [-0.15, -0.1) is 12.4 Å². The van der Waals surface area contributed by atoms with Crippen LogP contribution in [0.25, 0.3) is 22.0 Å². The molecule has 3 aromatic carbocycles. The van der Waals surface area contributed by atoms with Crippen LogP contribution in [0.4, 0.5) is 11.4 Å². The highest BCUT2D eigenvalue weighted by atomic mass is 35.5. The summed E-state index contributed by atoms with van der Waals surface area (Å²) in [5, 5.41) is 11.7. The van der Waals surface area contributed by atoms with Crippen molar-refractivity contribution in [2.45, 2.75) is 66.5 Å². The van der Waals surface area contributed by atoms with Gasteiger partial charge in [0, 0.05) is 29.4 Å². The van der Waals surface area contributed by atoms with Gasteiger partial charge in [0.25, 0.3) is 5.91 Å². The Morgan fingerprint density at radius 1 is 1.00 bits per heavy atom. The number of anilines is 2. The highest BCUT2D eigenvalue weighted by molar-refractivity contribution is 6.08. The molecule has 0 fully saturated rings. The van der Waals surface area contributed by atoms with Gasteiger partial charge in [0.2, 0.25) is 0 Å². The SMILES string of the molecule is Cc1noc(C)c1-c1ccc2c(Nc3ccccc3C(C)(C)C)c(C(=O)NCc3ccc(OC(C)C)cc3)cnc2c1.Cl. The molecule has 0 radical (unpaired) electrons. The van der Waals surface area contributed by atoms with Crippen LogP contribution in [0.3, 0.4) is 0 Å². The lowest BCUT2D eigenvalue weighted by Crippen LogP contribution is -2.24. The van der Waals surface area contributed by atoms with Gasteiger partial charge >= 0.3 is 0 Å². The summed E-state index contributed by atoms with van der Waals surface area (Å²) >= 11 is 0. The summed E-state index contributed by atoms with van der Waals surface area (Å²) in [6, 6.07) is 22.0. The van der Waals surface area contributed by atoms with E-state index in [0.29, 0.717) is 17.8 Å². The zero-order valence-electron chi connectivity index (χ0n) is 25.7. The van der Waals surface area contributed by atoms with E-state index in [1.165, 1.54) is 0 Å². The minimum absolute atomic E-state index is 0. The molecule has 5 aromatic rings. The molecule has 0 atom stereocenters. The second-order valence-corrected chi connectivity index (χ2v) is 11.9. The number of hydrogen-bond acceptors (Lipinski definition) is 6. The lowest BCUT2D eigenvalue weighted by molar-refractivity contribution is 0.0951. The van der Waals surface area contributed by atoms with Gasteiger partial charge in [0.1, 0.15) is 11.5 Å². The van der Waals surface area contributed by atoms with Crippen molar-refractivity contribution in [2.24, 2.45) is 0 Å². The number of aromatic nitrogens is 2. The van der Waals surface area contributed by atoms with E-state index in [-0.39, 0.29) is 29.8 Å². The molecule has 0 unspecified atom stereocenters. The van der Waals surface area contributed by atoms with Gasteiger partial charge in [-0.05, 0) is 74.1 Å². The lowest BCUT2D eigenvalue weighted by atomic mass is 9.85. The molecule has 2 N–H and O–H groups in total. The third kappa shape index (κ3) is 7.00. The maximum Gasteiger partial charge on any atom is 0.255 e. The van der Waals surface area contributed by atoms with Crippen molar-refractivity contribution in [2.75, 3.05) is 5.32 Å². The van der Waals surface area contributed by atoms with Crippen LogP contribution in [0.5, 0.6) is 5.75 Å². The van der Waals surface area contributed by atoms with Crippen LogP contribution in [-0.4, -0.2) is 22.2 Å². The van der Waals surface area contributed by atoms with Crippen LogP contribution >= 0.6 is 12.4 Å². The first-order valence-corrected chi connectivity index (χ1v) is 14.3. The first kappa shape index (κ1) is 31.6. The number of hydrogen-bond donors (Lipinski definition) is 2. The van der Waals surface area contributed by atoms with Crippen LogP contribution in [0.1, 0.15) is 67.6 Å². The van der Waals surface area contributed by atoms with Gasteiger partial charge < -0.3 is 19.9 Å². The average molecular weight is 599 g/mol. The van der Waals surface area contributed by atoms with Crippen LogP contribution in [0.15, 0.2) is 77.4 Å².